The van der Waals surface area contributed by atoms with Gasteiger partial charge in [0.1, 0.15) is 11.6 Å². The third kappa shape index (κ3) is 3.84. The van der Waals surface area contributed by atoms with Gasteiger partial charge in [-0.3, -0.25) is 4.79 Å². The number of anilines is 1. The predicted molar refractivity (Wildman–Crippen MR) is 90.0 cm³/mol. The van der Waals surface area contributed by atoms with E-state index >= 15 is 0 Å². The molecule has 1 N–H and O–H groups in total. The van der Waals surface area contributed by atoms with Crippen LogP contribution in [0.1, 0.15) is 21.5 Å². The average molecular weight is 323 g/mol. The lowest BCUT2D eigenvalue weighted by Crippen LogP contribution is -2.14. The van der Waals surface area contributed by atoms with Gasteiger partial charge in [0.15, 0.2) is 0 Å². The first kappa shape index (κ1) is 15.9. The van der Waals surface area contributed by atoms with Crippen LogP contribution in [-0.2, 0) is 6.42 Å². The van der Waals surface area contributed by atoms with Crippen LogP contribution < -0.4 is 5.32 Å². The van der Waals surface area contributed by atoms with E-state index in [0.29, 0.717) is 12.1 Å². The Kier molecular flexibility index (Phi) is 4.66. The minimum absolute atomic E-state index is 0.0537. The van der Waals surface area contributed by atoms with Crippen molar-refractivity contribution in [2.75, 3.05) is 5.32 Å². The van der Waals surface area contributed by atoms with Crippen LogP contribution in [0.25, 0.3) is 0 Å². The van der Waals surface area contributed by atoms with Gasteiger partial charge in [0.2, 0.25) is 0 Å². The lowest BCUT2D eigenvalue weighted by Gasteiger charge is -2.11. The third-order valence-electron chi connectivity index (χ3n) is 3.63. The Balaban J connectivity index is 1.83. The molecule has 0 fully saturated rings. The fourth-order valence-electron chi connectivity index (χ4n) is 2.49. The first-order valence-corrected chi connectivity index (χ1v) is 7.51. The molecule has 0 aliphatic rings. The van der Waals surface area contributed by atoms with Gasteiger partial charge in [-0.05, 0) is 35.7 Å². The Morgan fingerprint density at radius 1 is 0.833 bits per heavy atom. The average Bonchev–Trinajstić information content (AvgIpc) is 2.56. The van der Waals surface area contributed by atoms with E-state index in [1.165, 1.54) is 0 Å². The highest BCUT2D eigenvalue weighted by Gasteiger charge is 2.11. The van der Waals surface area contributed by atoms with E-state index in [2.05, 4.69) is 5.32 Å². The van der Waals surface area contributed by atoms with Gasteiger partial charge in [0, 0.05) is 17.3 Å². The Hall–Kier alpha value is -3.01. The highest BCUT2D eigenvalue weighted by molar-refractivity contribution is 6.04. The number of hydrogen-bond donors (Lipinski definition) is 1. The zero-order valence-corrected chi connectivity index (χ0v) is 12.8. The highest BCUT2D eigenvalue weighted by Crippen LogP contribution is 2.20. The number of hydrogen-bond acceptors (Lipinski definition) is 1. The van der Waals surface area contributed by atoms with Crippen LogP contribution in [0.2, 0.25) is 0 Å². The number of halogens is 2. The van der Waals surface area contributed by atoms with Crippen molar-refractivity contribution in [1.29, 1.82) is 0 Å². The van der Waals surface area contributed by atoms with E-state index in [9.17, 15) is 13.6 Å². The second kappa shape index (κ2) is 7.04. The van der Waals surface area contributed by atoms with Crippen molar-refractivity contribution >= 4 is 11.6 Å². The standard InChI is InChI=1S/C20H15F2NO/c21-17-11-16(12-18(22)13-17)20(24)23-19-9-5-4-8-15(19)10-14-6-2-1-3-7-14/h1-9,11-13H,10H2,(H,23,24). The van der Waals surface area contributed by atoms with Crippen LogP contribution in [-0.4, -0.2) is 5.91 Å². The summed E-state index contributed by atoms with van der Waals surface area (Å²) in [5.41, 5.74) is 2.60. The number of carbonyl (C=O) groups excluding carboxylic acids is 1. The van der Waals surface area contributed by atoms with E-state index < -0.39 is 17.5 Å². The molecule has 3 rings (SSSR count). The Labute approximate surface area is 138 Å². The number of carbonyl (C=O) groups is 1. The molecule has 0 heterocycles. The second-order valence-corrected chi connectivity index (χ2v) is 5.43. The Bertz CT molecular complexity index is 842. The minimum Gasteiger partial charge on any atom is -0.322 e. The van der Waals surface area contributed by atoms with Crippen molar-refractivity contribution < 1.29 is 13.6 Å². The lowest BCUT2D eigenvalue weighted by atomic mass is 10.0. The molecule has 3 aromatic rings. The lowest BCUT2D eigenvalue weighted by molar-refractivity contribution is 0.102. The van der Waals surface area contributed by atoms with Crippen molar-refractivity contribution in [3.8, 4) is 0 Å². The molecule has 3 aromatic carbocycles. The second-order valence-electron chi connectivity index (χ2n) is 5.43. The molecule has 4 heteroatoms. The molecule has 0 unspecified atom stereocenters. The van der Waals surface area contributed by atoms with E-state index in [4.69, 9.17) is 0 Å². The topological polar surface area (TPSA) is 29.1 Å². The summed E-state index contributed by atoms with van der Waals surface area (Å²) in [7, 11) is 0. The van der Waals surface area contributed by atoms with Crippen molar-refractivity contribution in [2.24, 2.45) is 0 Å². The minimum atomic E-state index is -0.780. The SMILES string of the molecule is O=C(Nc1ccccc1Cc1ccccc1)c1cc(F)cc(F)c1. The van der Waals surface area contributed by atoms with Crippen LogP contribution in [0.4, 0.5) is 14.5 Å². The molecule has 0 spiro atoms. The summed E-state index contributed by atoms with van der Waals surface area (Å²) in [6.07, 6.45) is 0.648. The van der Waals surface area contributed by atoms with E-state index in [1.807, 2.05) is 42.5 Å². The summed E-state index contributed by atoms with van der Waals surface area (Å²) >= 11 is 0. The molecule has 0 atom stereocenters. The van der Waals surface area contributed by atoms with E-state index in [-0.39, 0.29) is 5.56 Å². The van der Waals surface area contributed by atoms with Gasteiger partial charge in [-0.1, -0.05) is 48.5 Å². The Morgan fingerprint density at radius 3 is 2.17 bits per heavy atom. The zero-order valence-electron chi connectivity index (χ0n) is 12.8. The number of amides is 1. The van der Waals surface area contributed by atoms with Crippen molar-refractivity contribution in [2.45, 2.75) is 6.42 Å². The monoisotopic (exact) mass is 323 g/mol. The maximum absolute atomic E-state index is 13.3. The van der Waals surface area contributed by atoms with Gasteiger partial charge in [0.25, 0.3) is 5.91 Å². The summed E-state index contributed by atoms with van der Waals surface area (Å²) in [6, 6.07) is 20.0. The molecule has 1 amide bonds. The molecular weight excluding hydrogens is 308 g/mol. The van der Waals surface area contributed by atoms with Crippen LogP contribution in [0.15, 0.2) is 72.8 Å². The van der Waals surface area contributed by atoms with Gasteiger partial charge in [-0.2, -0.15) is 0 Å². The van der Waals surface area contributed by atoms with Gasteiger partial charge >= 0.3 is 0 Å². The number of benzene rings is 3. The van der Waals surface area contributed by atoms with E-state index in [0.717, 1.165) is 29.3 Å². The van der Waals surface area contributed by atoms with Gasteiger partial charge in [0.05, 0.1) is 0 Å². The predicted octanol–water partition coefficient (Wildman–Crippen LogP) is 4.81. The molecule has 0 bridgehead atoms. The summed E-state index contributed by atoms with van der Waals surface area (Å²) in [4.78, 5) is 12.3. The normalized spacial score (nSPS) is 10.4. The fraction of sp³-hybridized carbons (Fsp3) is 0.0500. The zero-order chi connectivity index (χ0) is 16.9. The molecular formula is C20H15F2NO. The smallest absolute Gasteiger partial charge is 0.255 e. The molecule has 0 aromatic heterocycles. The molecule has 0 saturated heterocycles. The molecule has 0 radical (unpaired) electrons. The maximum atomic E-state index is 13.3. The highest BCUT2D eigenvalue weighted by atomic mass is 19.1. The molecule has 24 heavy (non-hydrogen) atoms. The van der Waals surface area contributed by atoms with Crippen molar-refractivity contribution in [3.05, 3.63) is 101 Å². The van der Waals surface area contributed by atoms with Crippen LogP contribution in [0, 0.1) is 11.6 Å². The number of nitrogens with one attached hydrogen (secondary N) is 1. The first-order chi connectivity index (χ1) is 11.6. The summed E-state index contributed by atoms with van der Waals surface area (Å²) in [5, 5.41) is 2.73. The largest absolute Gasteiger partial charge is 0.322 e. The third-order valence-corrected chi connectivity index (χ3v) is 3.63. The van der Waals surface area contributed by atoms with E-state index in [1.54, 1.807) is 12.1 Å². The van der Waals surface area contributed by atoms with Gasteiger partial charge in [-0.25, -0.2) is 8.78 Å². The van der Waals surface area contributed by atoms with Crippen LogP contribution in [0.3, 0.4) is 0 Å². The first-order valence-electron chi connectivity index (χ1n) is 7.51. The number of para-hydroxylation sites is 1. The number of rotatable bonds is 4. The van der Waals surface area contributed by atoms with Crippen LogP contribution >= 0.6 is 0 Å². The summed E-state index contributed by atoms with van der Waals surface area (Å²) < 4.78 is 26.5. The summed E-state index contributed by atoms with van der Waals surface area (Å²) in [6.45, 7) is 0. The molecule has 2 nitrogen and oxygen atoms in total. The van der Waals surface area contributed by atoms with Crippen LogP contribution in [0.5, 0.6) is 0 Å². The quantitative estimate of drug-likeness (QED) is 0.733. The molecule has 0 aliphatic heterocycles. The van der Waals surface area contributed by atoms with Gasteiger partial charge < -0.3 is 5.32 Å². The van der Waals surface area contributed by atoms with Crippen molar-refractivity contribution in [3.63, 3.8) is 0 Å². The maximum Gasteiger partial charge on any atom is 0.255 e. The molecule has 120 valence electrons. The fourth-order valence-corrected chi connectivity index (χ4v) is 2.49. The summed E-state index contributed by atoms with van der Waals surface area (Å²) in [5.74, 6) is -2.11. The molecule has 0 aliphatic carbocycles. The van der Waals surface area contributed by atoms with Gasteiger partial charge in [-0.15, -0.1) is 0 Å². The Morgan fingerprint density at radius 2 is 1.46 bits per heavy atom. The molecule has 0 saturated carbocycles. The van der Waals surface area contributed by atoms with Crippen molar-refractivity contribution in [1.82, 2.24) is 0 Å².